The molecule has 2 N–H and O–H groups in total. The highest BCUT2D eigenvalue weighted by molar-refractivity contribution is 5.87. The second-order valence-electron chi connectivity index (χ2n) is 4.29. The van der Waals surface area contributed by atoms with Crippen LogP contribution >= 0.6 is 0 Å². The van der Waals surface area contributed by atoms with Gasteiger partial charge in [0.25, 0.3) is 0 Å². The Hall–Kier alpha value is -0.610. The van der Waals surface area contributed by atoms with Gasteiger partial charge in [-0.05, 0) is 25.7 Å². The Kier molecular flexibility index (Phi) is 2.74. The lowest BCUT2D eigenvalue weighted by Crippen LogP contribution is -2.62. The molecule has 2 unspecified atom stereocenters. The predicted octanol–water partition coefficient (Wildman–Crippen LogP) is 0.0336. The lowest BCUT2D eigenvalue weighted by Gasteiger charge is -2.38. The fourth-order valence-corrected chi connectivity index (χ4v) is 2.54. The Bertz CT molecular complexity index is 228. The first-order valence-electron chi connectivity index (χ1n) is 5.32. The molecule has 0 aromatic heterocycles. The Labute approximate surface area is 84.4 Å². The van der Waals surface area contributed by atoms with E-state index in [1.165, 1.54) is 6.42 Å². The van der Waals surface area contributed by atoms with Crippen LogP contribution in [0.5, 0.6) is 0 Å². The van der Waals surface area contributed by atoms with Crippen LogP contribution in [0.2, 0.25) is 0 Å². The number of ether oxygens (including phenoxy) is 1. The number of methoxy groups -OCH3 is 1. The van der Waals surface area contributed by atoms with E-state index < -0.39 is 5.54 Å². The van der Waals surface area contributed by atoms with Gasteiger partial charge >= 0.3 is 0 Å². The fraction of sp³-hybridized carbons (Fsp3) is 0.900. The molecule has 0 aromatic carbocycles. The third-order valence-electron chi connectivity index (χ3n) is 3.24. The molecule has 0 radical (unpaired) electrons. The lowest BCUT2D eigenvalue weighted by molar-refractivity contribution is -0.130. The van der Waals surface area contributed by atoms with Gasteiger partial charge in [0, 0.05) is 19.7 Å². The van der Waals surface area contributed by atoms with Crippen molar-refractivity contribution < 1.29 is 9.53 Å². The number of rotatable bonds is 2. The van der Waals surface area contributed by atoms with Crippen LogP contribution in [0, 0.1) is 0 Å². The first kappa shape index (κ1) is 9.93. The van der Waals surface area contributed by atoms with E-state index in [0.717, 1.165) is 25.8 Å². The Morgan fingerprint density at radius 3 is 3.21 bits per heavy atom. The Morgan fingerprint density at radius 1 is 1.57 bits per heavy atom. The van der Waals surface area contributed by atoms with Crippen LogP contribution < -0.4 is 10.6 Å². The number of amides is 1. The van der Waals surface area contributed by atoms with Gasteiger partial charge in [-0.3, -0.25) is 10.1 Å². The van der Waals surface area contributed by atoms with E-state index >= 15 is 0 Å². The number of piperidine rings is 1. The van der Waals surface area contributed by atoms with E-state index in [4.69, 9.17) is 4.74 Å². The number of carbonyl (C=O) groups excluding carboxylic acids is 1. The molecule has 0 spiro atoms. The molecular formula is C10H18N2O2. The van der Waals surface area contributed by atoms with Crippen LogP contribution in [0.4, 0.5) is 0 Å². The highest BCUT2D eigenvalue weighted by Crippen LogP contribution is 2.26. The number of fused-ring (bicyclic) bond motifs is 2. The van der Waals surface area contributed by atoms with Crippen LogP contribution in [0.15, 0.2) is 0 Å². The number of hydrogen-bond donors (Lipinski definition) is 2. The molecule has 1 amide bonds. The van der Waals surface area contributed by atoms with Crippen LogP contribution in [0.1, 0.15) is 25.7 Å². The lowest BCUT2D eigenvalue weighted by atomic mass is 9.86. The van der Waals surface area contributed by atoms with Crippen molar-refractivity contribution in [2.24, 2.45) is 0 Å². The number of nitrogens with one attached hydrogen (secondary N) is 2. The average molecular weight is 198 g/mol. The minimum Gasteiger partial charge on any atom is -0.382 e. The molecule has 4 nitrogen and oxygen atoms in total. The third-order valence-corrected chi connectivity index (χ3v) is 3.24. The highest BCUT2D eigenvalue weighted by Gasteiger charge is 2.43. The van der Waals surface area contributed by atoms with Gasteiger partial charge in [-0.1, -0.05) is 0 Å². The van der Waals surface area contributed by atoms with Gasteiger partial charge < -0.3 is 10.1 Å². The fourth-order valence-electron chi connectivity index (χ4n) is 2.54. The molecule has 0 saturated carbocycles. The third kappa shape index (κ3) is 1.64. The molecule has 2 fully saturated rings. The first-order valence-corrected chi connectivity index (χ1v) is 5.32. The van der Waals surface area contributed by atoms with Crippen molar-refractivity contribution in [3.63, 3.8) is 0 Å². The van der Waals surface area contributed by atoms with Gasteiger partial charge in [0.1, 0.15) is 5.54 Å². The zero-order valence-electron chi connectivity index (χ0n) is 8.64. The first-order chi connectivity index (χ1) is 6.77. The summed E-state index contributed by atoms with van der Waals surface area (Å²) < 4.78 is 5.16. The van der Waals surface area contributed by atoms with Crippen molar-refractivity contribution >= 4 is 5.91 Å². The molecule has 2 aliphatic rings. The van der Waals surface area contributed by atoms with Crippen LogP contribution in [-0.4, -0.2) is 37.7 Å². The van der Waals surface area contributed by atoms with Crippen molar-refractivity contribution in [1.29, 1.82) is 0 Å². The van der Waals surface area contributed by atoms with Gasteiger partial charge in [-0.2, -0.15) is 0 Å². The zero-order chi connectivity index (χ0) is 10.0. The molecule has 2 heterocycles. The monoisotopic (exact) mass is 198 g/mol. The Morgan fingerprint density at radius 2 is 2.43 bits per heavy atom. The van der Waals surface area contributed by atoms with Crippen LogP contribution in [0.25, 0.3) is 0 Å². The summed E-state index contributed by atoms with van der Waals surface area (Å²) in [5.41, 5.74) is -0.450. The molecule has 2 aliphatic heterocycles. The van der Waals surface area contributed by atoms with Gasteiger partial charge in [0.2, 0.25) is 5.91 Å². The summed E-state index contributed by atoms with van der Waals surface area (Å²) in [4.78, 5) is 11.9. The van der Waals surface area contributed by atoms with Gasteiger partial charge in [0.15, 0.2) is 0 Å². The van der Waals surface area contributed by atoms with Gasteiger partial charge in [-0.15, -0.1) is 0 Å². The second kappa shape index (κ2) is 3.87. The van der Waals surface area contributed by atoms with E-state index in [1.807, 2.05) is 0 Å². The number of hydrogen-bond acceptors (Lipinski definition) is 3. The largest absolute Gasteiger partial charge is 0.382 e. The van der Waals surface area contributed by atoms with Crippen LogP contribution in [-0.2, 0) is 9.53 Å². The minimum absolute atomic E-state index is 0.113. The van der Waals surface area contributed by atoms with Crippen molar-refractivity contribution in [3.8, 4) is 0 Å². The molecule has 0 aromatic rings. The SMILES string of the molecule is COCC12CCCC(CCNC1=O)N2. The molecule has 0 aliphatic carbocycles. The zero-order valence-corrected chi connectivity index (χ0v) is 8.64. The van der Waals surface area contributed by atoms with Crippen molar-refractivity contribution in [2.45, 2.75) is 37.3 Å². The van der Waals surface area contributed by atoms with E-state index in [2.05, 4.69) is 10.6 Å². The maximum atomic E-state index is 11.9. The van der Waals surface area contributed by atoms with E-state index in [-0.39, 0.29) is 5.91 Å². The summed E-state index contributed by atoms with van der Waals surface area (Å²) in [5.74, 6) is 0.113. The van der Waals surface area contributed by atoms with Crippen molar-refractivity contribution in [1.82, 2.24) is 10.6 Å². The maximum Gasteiger partial charge on any atom is 0.242 e. The summed E-state index contributed by atoms with van der Waals surface area (Å²) in [6.45, 7) is 1.28. The van der Waals surface area contributed by atoms with E-state index in [1.54, 1.807) is 7.11 Å². The summed E-state index contributed by atoms with van der Waals surface area (Å²) in [6, 6.07) is 0.484. The van der Waals surface area contributed by atoms with Crippen molar-refractivity contribution in [3.05, 3.63) is 0 Å². The topological polar surface area (TPSA) is 50.4 Å². The molecule has 2 bridgehead atoms. The van der Waals surface area contributed by atoms with E-state index in [0.29, 0.717) is 12.6 Å². The predicted molar refractivity (Wildman–Crippen MR) is 53.0 cm³/mol. The van der Waals surface area contributed by atoms with Crippen molar-refractivity contribution in [2.75, 3.05) is 20.3 Å². The van der Waals surface area contributed by atoms with E-state index in [9.17, 15) is 4.79 Å². The Balaban J connectivity index is 2.18. The summed E-state index contributed by atoms with van der Waals surface area (Å²) >= 11 is 0. The average Bonchev–Trinajstić information content (AvgIpc) is 2.27. The molecule has 2 rings (SSSR count). The molecule has 80 valence electrons. The smallest absolute Gasteiger partial charge is 0.242 e. The molecular weight excluding hydrogens is 180 g/mol. The summed E-state index contributed by atoms with van der Waals surface area (Å²) in [5, 5.41) is 6.40. The highest BCUT2D eigenvalue weighted by atomic mass is 16.5. The summed E-state index contributed by atoms with van der Waals surface area (Å²) in [7, 11) is 1.65. The van der Waals surface area contributed by atoms with Gasteiger partial charge in [0.05, 0.1) is 6.61 Å². The maximum absolute atomic E-state index is 11.9. The second-order valence-corrected chi connectivity index (χ2v) is 4.29. The summed E-state index contributed by atoms with van der Waals surface area (Å²) in [6.07, 6.45) is 4.23. The minimum atomic E-state index is -0.450. The quantitative estimate of drug-likeness (QED) is 0.658. The molecule has 2 atom stereocenters. The molecule has 4 heteroatoms. The molecule has 14 heavy (non-hydrogen) atoms. The normalized spacial score (nSPS) is 37.5. The molecule has 2 saturated heterocycles. The number of carbonyl (C=O) groups is 1. The van der Waals surface area contributed by atoms with Gasteiger partial charge in [-0.25, -0.2) is 0 Å². The van der Waals surface area contributed by atoms with Crippen LogP contribution in [0.3, 0.4) is 0 Å². The standard InChI is InChI=1S/C10H18N2O2/c1-14-7-10-5-2-3-8(12-10)4-6-11-9(10)13/h8,12H,2-7H2,1H3,(H,11,13).